The van der Waals surface area contributed by atoms with Crippen molar-refractivity contribution >= 4 is 28.9 Å². The van der Waals surface area contributed by atoms with Gasteiger partial charge in [-0.1, -0.05) is 18.2 Å². The molecule has 1 aromatic carbocycles. The first-order chi connectivity index (χ1) is 12.0. The minimum absolute atomic E-state index is 0.00737. The van der Waals surface area contributed by atoms with E-state index in [4.69, 9.17) is 5.11 Å². The highest BCUT2D eigenvalue weighted by Crippen LogP contribution is 2.23. The fourth-order valence-corrected chi connectivity index (χ4v) is 3.60. The molecular weight excluding hydrogens is 316 g/mol. The first kappa shape index (κ1) is 17.3. The lowest BCUT2D eigenvalue weighted by Crippen LogP contribution is -2.39. The molecule has 1 saturated heterocycles. The Balaban J connectivity index is 1.66. The monoisotopic (exact) mass is 340 g/mol. The second-order valence-corrected chi connectivity index (χ2v) is 6.77. The van der Waals surface area contributed by atoms with Gasteiger partial charge >= 0.3 is 5.97 Å². The van der Waals surface area contributed by atoms with Crippen molar-refractivity contribution < 1.29 is 14.7 Å². The number of nitrogens with zero attached hydrogens (tertiary/aromatic N) is 2. The van der Waals surface area contributed by atoms with Gasteiger partial charge in [0.2, 0.25) is 5.91 Å². The predicted molar refractivity (Wildman–Crippen MR) is 98.1 cm³/mol. The van der Waals surface area contributed by atoms with Crippen molar-refractivity contribution in [2.24, 2.45) is 13.0 Å². The van der Waals surface area contributed by atoms with E-state index in [1.165, 1.54) is 0 Å². The summed E-state index contributed by atoms with van der Waals surface area (Å²) in [5.41, 5.74) is 2.17. The van der Waals surface area contributed by atoms with Crippen LogP contribution in [0, 0.1) is 5.92 Å². The van der Waals surface area contributed by atoms with Crippen LogP contribution in [0.25, 0.3) is 17.0 Å². The zero-order valence-corrected chi connectivity index (χ0v) is 14.5. The van der Waals surface area contributed by atoms with Gasteiger partial charge in [-0.05, 0) is 37.3 Å². The minimum atomic E-state index is -0.765. The van der Waals surface area contributed by atoms with Crippen LogP contribution in [0.1, 0.15) is 31.2 Å². The van der Waals surface area contributed by atoms with Gasteiger partial charge in [0.05, 0.1) is 0 Å². The number of carboxylic acids is 1. The number of fused-ring (bicyclic) bond motifs is 1. The molecule has 2 heterocycles. The Hall–Kier alpha value is -2.56. The van der Waals surface area contributed by atoms with Gasteiger partial charge in [0, 0.05) is 55.3 Å². The molecule has 1 fully saturated rings. The molecule has 1 atom stereocenters. The third-order valence-corrected chi connectivity index (χ3v) is 4.93. The molecule has 132 valence electrons. The number of carboxylic acid groups (broad SMARTS) is 1. The highest BCUT2D eigenvalue weighted by molar-refractivity contribution is 5.96. The molecule has 0 bridgehead atoms. The van der Waals surface area contributed by atoms with Crippen molar-refractivity contribution in [2.45, 2.75) is 25.7 Å². The molecule has 1 aliphatic heterocycles. The number of rotatable bonds is 5. The standard InChI is InChI=1S/C20H24N2O3/c1-21-14-16(17-6-2-3-7-18(17)21)9-10-19(23)22-12-4-5-15(13-22)8-11-20(24)25/h2-3,6-7,9-10,14-15H,4-5,8,11-13H2,1H3,(H,24,25)/b10-9+. The summed E-state index contributed by atoms with van der Waals surface area (Å²) in [6.07, 6.45) is 8.32. The topological polar surface area (TPSA) is 62.5 Å². The smallest absolute Gasteiger partial charge is 0.303 e. The van der Waals surface area contributed by atoms with Gasteiger partial charge in [-0.25, -0.2) is 0 Å². The Morgan fingerprint density at radius 3 is 2.92 bits per heavy atom. The number of benzene rings is 1. The summed E-state index contributed by atoms with van der Waals surface area (Å²) >= 11 is 0. The normalized spacial score (nSPS) is 18.1. The lowest BCUT2D eigenvalue weighted by Gasteiger charge is -2.32. The maximum atomic E-state index is 12.5. The molecule has 1 unspecified atom stereocenters. The van der Waals surface area contributed by atoms with Crippen molar-refractivity contribution in [3.8, 4) is 0 Å². The molecule has 1 aromatic heterocycles. The summed E-state index contributed by atoms with van der Waals surface area (Å²) < 4.78 is 2.06. The van der Waals surface area contributed by atoms with Gasteiger partial charge in [-0.15, -0.1) is 0 Å². The Bertz CT molecular complexity index is 806. The Labute approximate surface area is 147 Å². The highest BCUT2D eigenvalue weighted by atomic mass is 16.4. The van der Waals surface area contributed by atoms with Gasteiger partial charge in [0.25, 0.3) is 0 Å². The van der Waals surface area contributed by atoms with Crippen LogP contribution in [0.15, 0.2) is 36.5 Å². The molecule has 5 heteroatoms. The summed E-state index contributed by atoms with van der Waals surface area (Å²) in [5, 5.41) is 9.96. The Morgan fingerprint density at radius 2 is 2.12 bits per heavy atom. The molecule has 0 saturated carbocycles. The summed E-state index contributed by atoms with van der Waals surface area (Å²) in [7, 11) is 2.00. The molecule has 0 radical (unpaired) electrons. The van der Waals surface area contributed by atoms with Crippen LogP contribution in [0.4, 0.5) is 0 Å². The lowest BCUT2D eigenvalue weighted by molar-refractivity contribution is -0.137. The number of amides is 1. The zero-order valence-electron chi connectivity index (χ0n) is 14.5. The number of carbonyl (C=O) groups excluding carboxylic acids is 1. The molecule has 0 aliphatic carbocycles. The summed E-state index contributed by atoms with van der Waals surface area (Å²) in [6.45, 7) is 1.41. The van der Waals surface area contributed by atoms with Crippen LogP contribution in [0.2, 0.25) is 0 Å². The molecule has 1 N–H and O–H groups in total. The average Bonchev–Trinajstić information content (AvgIpc) is 2.94. The molecule has 3 rings (SSSR count). The quantitative estimate of drug-likeness (QED) is 0.850. The first-order valence-electron chi connectivity index (χ1n) is 8.77. The van der Waals surface area contributed by atoms with Gasteiger partial charge in [-0.2, -0.15) is 0 Å². The summed E-state index contributed by atoms with van der Waals surface area (Å²) in [6, 6.07) is 8.12. The third-order valence-electron chi connectivity index (χ3n) is 4.93. The average molecular weight is 340 g/mol. The molecule has 1 aliphatic rings. The zero-order chi connectivity index (χ0) is 17.8. The second kappa shape index (κ2) is 7.55. The lowest BCUT2D eigenvalue weighted by atomic mass is 9.93. The van der Waals surface area contributed by atoms with Gasteiger partial charge < -0.3 is 14.6 Å². The Kier molecular flexibility index (Phi) is 5.22. The maximum absolute atomic E-state index is 12.5. The van der Waals surface area contributed by atoms with E-state index in [-0.39, 0.29) is 12.3 Å². The van der Waals surface area contributed by atoms with Crippen LogP contribution in [-0.4, -0.2) is 39.5 Å². The molecule has 5 nitrogen and oxygen atoms in total. The number of hydrogen-bond donors (Lipinski definition) is 1. The van der Waals surface area contributed by atoms with E-state index >= 15 is 0 Å². The number of carbonyl (C=O) groups is 2. The fourth-order valence-electron chi connectivity index (χ4n) is 3.60. The van der Waals surface area contributed by atoms with Crippen LogP contribution in [0.5, 0.6) is 0 Å². The molecule has 1 amide bonds. The highest BCUT2D eigenvalue weighted by Gasteiger charge is 2.22. The van der Waals surface area contributed by atoms with E-state index in [9.17, 15) is 9.59 Å². The minimum Gasteiger partial charge on any atom is -0.481 e. The van der Waals surface area contributed by atoms with Crippen LogP contribution < -0.4 is 0 Å². The van der Waals surface area contributed by atoms with Gasteiger partial charge in [-0.3, -0.25) is 9.59 Å². The number of piperidine rings is 1. The van der Waals surface area contributed by atoms with Crippen molar-refractivity contribution in [2.75, 3.05) is 13.1 Å². The van der Waals surface area contributed by atoms with Gasteiger partial charge in [0.15, 0.2) is 0 Å². The van der Waals surface area contributed by atoms with Crippen molar-refractivity contribution in [1.29, 1.82) is 0 Å². The number of aryl methyl sites for hydroxylation is 1. The van der Waals surface area contributed by atoms with E-state index in [0.717, 1.165) is 35.9 Å². The third kappa shape index (κ3) is 4.10. The van der Waals surface area contributed by atoms with Crippen molar-refractivity contribution in [3.63, 3.8) is 0 Å². The van der Waals surface area contributed by atoms with Gasteiger partial charge in [0.1, 0.15) is 0 Å². The largest absolute Gasteiger partial charge is 0.481 e. The fraction of sp³-hybridized carbons (Fsp3) is 0.400. The van der Waals surface area contributed by atoms with Crippen molar-refractivity contribution in [1.82, 2.24) is 9.47 Å². The van der Waals surface area contributed by atoms with E-state index in [1.54, 1.807) is 6.08 Å². The number of aromatic nitrogens is 1. The van der Waals surface area contributed by atoms with E-state index < -0.39 is 5.97 Å². The second-order valence-electron chi connectivity index (χ2n) is 6.77. The van der Waals surface area contributed by atoms with E-state index in [1.807, 2.05) is 36.4 Å². The van der Waals surface area contributed by atoms with Crippen LogP contribution in [0.3, 0.4) is 0 Å². The molecule has 0 spiro atoms. The van der Waals surface area contributed by atoms with Crippen LogP contribution in [-0.2, 0) is 16.6 Å². The number of likely N-dealkylation sites (tertiary alicyclic amines) is 1. The number of aliphatic carboxylic acids is 1. The SMILES string of the molecule is Cn1cc(/C=C/C(=O)N2CCCC(CCC(=O)O)C2)c2ccccc21. The molecule has 25 heavy (non-hydrogen) atoms. The number of para-hydroxylation sites is 1. The predicted octanol–water partition coefficient (Wildman–Crippen LogP) is 3.29. The van der Waals surface area contributed by atoms with E-state index in [2.05, 4.69) is 16.7 Å². The Morgan fingerprint density at radius 1 is 1.32 bits per heavy atom. The summed E-state index contributed by atoms with van der Waals surface area (Å²) in [4.78, 5) is 25.1. The van der Waals surface area contributed by atoms with Crippen LogP contribution >= 0.6 is 0 Å². The van der Waals surface area contributed by atoms with Crippen molar-refractivity contribution in [3.05, 3.63) is 42.1 Å². The molecule has 2 aromatic rings. The first-order valence-corrected chi connectivity index (χ1v) is 8.77. The van der Waals surface area contributed by atoms with E-state index in [0.29, 0.717) is 18.9 Å². The number of hydrogen-bond acceptors (Lipinski definition) is 2. The maximum Gasteiger partial charge on any atom is 0.303 e. The summed E-state index contributed by atoms with van der Waals surface area (Å²) in [5.74, 6) is -0.466. The molecular formula is C20H24N2O3.